The molecule has 3 rings (SSSR count). The topological polar surface area (TPSA) is 42.4 Å². The third kappa shape index (κ3) is 2.40. The van der Waals surface area contributed by atoms with E-state index in [0.717, 1.165) is 34.7 Å². The number of benzene rings is 1. The van der Waals surface area contributed by atoms with Crippen molar-refractivity contribution in [3.05, 3.63) is 45.9 Å². The highest BCUT2D eigenvalue weighted by Gasteiger charge is 2.24. The number of aromatic nitrogens is 1. The molecule has 1 fully saturated rings. The van der Waals surface area contributed by atoms with E-state index in [-0.39, 0.29) is 0 Å². The molecule has 4 heteroatoms. The third-order valence-electron chi connectivity index (χ3n) is 3.03. The Morgan fingerprint density at radius 3 is 2.94 bits per heavy atom. The second kappa shape index (κ2) is 4.71. The van der Waals surface area contributed by atoms with Crippen molar-refractivity contribution in [3.8, 4) is 5.75 Å². The van der Waals surface area contributed by atoms with Crippen molar-refractivity contribution in [1.29, 1.82) is 0 Å². The van der Waals surface area contributed by atoms with Gasteiger partial charge in [-0.2, -0.15) is 0 Å². The highest BCUT2D eigenvalue weighted by molar-refractivity contribution is 7.09. The van der Waals surface area contributed by atoms with Crippen LogP contribution in [0.3, 0.4) is 0 Å². The number of aryl methyl sites for hydroxylation is 1. The number of ether oxygens (including phenoxy) is 1. The molecule has 1 aliphatic rings. The van der Waals surface area contributed by atoms with Crippen molar-refractivity contribution in [1.82, 2.24) is 4.98 Å². The molecule has 0 bridgehead atoms. The molecule has 1 aromatic carbocycles. The fourth-order valence-electron chi connectivity index (χ4n) is 1.86. The number of hydrogen-bond donors (Lipinski definition) is 1. The summed E-state index contributed by atoms with van der Waals surface area (Å²) in [7, 11) is 0. The molecule has 94 valence electrons. The lowest BCUT2D eigenvalue weighted by Gasteiger charge is -2.12. The molecule has 0 spiro atoms. The van der Waals surface area contributed by atoms with Gasteiger partial charge in [-0.15, -0.1) is 11.3 Å². The number of aliphatic hydroxyl groups is 1. The number of hydrogen-bond acceptors (Lipinski definition) is 4. The minimum Gasteiger partial charge on any atom is -0.490 e. The standard InChI is InChI=1S/C14H15NO2S/c1-9-14(18-8-15-9)13(16)10-3-2-4-12(7-10)17-11-5-6-11/h2-4,7-8,11,13,16H,5-6H2,1H3. The SMILES string of the molecule is Cc1ncsc1C(O)c1cccc(OC2CC2)c1. The molecular formula is C14H15NO2S. The van der Waals surface area contributed by atoms with E-state index in [0.29, 0.717) is 6.10 Å². The first-order valence-corrected chi connectivity index (χ1v) is 6.96. The first-order chi connectivity index (χ1) is 8.74. The number of aliphatic hydroxyl groups excluding tert-OH is 1. The van der Waals surface area contributed by atoms with Gasteiger partial charge in [0.15, 0.2) is 0 Å². The average molecular weight is 261 g/mol. The Balaban J connectivity index is 1.84. The van der Waals surface area contributed by atoms with Gasteiger partial charge in [0.05, 0.1) is 22.2 Å². The van der Waals surface area contributed by atoms with Crippen molar-refractivity contribution >= 4 is 11.3 Å². The molecule has 2 aromatic rings. The quantitative estimate of drug-likeness (QED) is 0.919. The average Bonchev–Trinajstić information content (AvgIpc) is 3.08. The molecule has 18 heavy (non-hydrogen) atoms. The molecule has 1 aliphatic carbocycles. The molecule has 0 aliphatic heterocycles. The van der Waals surface area contributed by atoms with E-state index in [2.05, 4.69) is 4.98 Å². The summed E-state index contributed by atoms with van der Waals surface area (Å²) in [5, 5.41) is 10.4. The van der Waals surface area contributed by atoms with E-state index >= 15 is 0 Å². The predicted octanol–water partition coefficient (Wildman–Crippen LogP) is 3.07. The Morgan fingerprint density at radius 2 is 2.28 bits per heavy atom. The summed E-state index contributed by atoms with van der Waals surface area (Å²) in [5.74, 6) is 0.844. The van der Waals surface area contributed by atoms with E-state index in [9.17, 15) is 5.11 Å². The van der Waals surface area contributed by atoms with Crippen molar-refractivity contribution < 1.29 is 9.84 Å². The van der Waals surface area contributed by atoms with Crippen molar-refractivity contribution in [2.75, 3.05) is 0 Å². The zero-order chi connectivity index (χ0) is 12.5. The van der Waals surface area contributed by atoms with E-state index in [1.54, 1.807) is 5.51 Å². The van der Waals surface area contributed by atoms with Crippen LogP contribution in [0.4, 0.5) is 0 Å². The van der Waals surface area contributed by atoms with Gasteiger partial charge in [-0.05, 0) is 37.5 Å². The molecule has 3 nitrogen and oxygen atoms in total. The summed E-state index contributed by atoms with van der Waals surface area (Å²) < 4.78 is 5.74. The maximum absolute atomic E-state index is 10.4. The Kier molecular flexibility index (Phi) is 3.06. The lowest BCUT2D eigenvalue weighted by molar-refractivity contribution is 0.222. The van der Waals surface area contributed by atoms with Crippen LogP contribution in [0, 0.1) is 6.92 Å². The second-order valence-corrected chi connectivity index (χ2v) is 5.48. The summed E-state index contributed by atoms with van der Waals surface area (Å²) >= 11 is 1.48. The van der Waals surface area contributed by atoms with Gasteiger partial charge in [0.25, 0.3) is 0 Å². The summed E-state index contributed by atoms with van der Waals surface area (Å²) in [6.45, 7) is 1.92. The van der Waals surface area contributed by atoms with Gasteiger partial charge in [0.2, 0.25) is 0 Å². The molecule has 0 amide bonds. The lowest BCUT2D eigenvalue weighted by Crippen LogP contribution is -2.01. The molecule has 0 saturated heterocycles. The second-order valence-electron chi connectivity index (χ2n) is 4.59. The smallest absolute Gasteiger partial charge is 0.120 e. The zero-order valence-corrected chi connectivity index (χ0v) is 11.0. The fraction of sp³-hybridized carbons (Fsp3) is 0.357. The summed E-state index contributed by atoms with van der Waals surface area (Å²) in [4.78, 5) is 5.07. The van der Waals surface area contributed by atoms with Crippen LogP contribution in [0.15, 0.2) is 29.8 Å². The van der Waals surface area contributed by atoms with Crippen LogP contribution in [-0.2, 0) is 0 Å². The maximum Gasteiger partial charge on any atom is 0.120 e. The van der Waals surface area contributed by atoms with E-state index in [1.807, 2.05) is 31.2 Å². The largest absolute Gasteiger partial charge is 0.490 e. The number of rotatable bonds is 4. The molecule has 1 N–H and O–H groups in total. The van der Waals surface area contributed by atoms with Gasteiger partial charge in [0, 0.05) is 0 Å². The van der Waals surface area contributed by atoms with Crippen molar-refractivity contribution in [3.63, 3.8) is 0 Å². The van der Waals surface area contributed by atoms with Crippen LogP contribution in [0.25, 0.3) is 0 Å². The Bertz CT molecular complexity index is 548. The van der Waals surface area contributed by atoms with Gasteiger partial charge in [0.1, 0.15) is 11.9 Å². The highest BCUT2D eigenvalue weighted by atomic mass is 32.1. The third-order valence-corrected chi connectivity index (χ3v) is 4.02. The van der Waals surface area contributed by atoms with E-state index in [4.69, 9.17) is 4.74 Å². The van der Waals surface area contributed by atoms with Gasteiger partial charge >= 0.3 is 0 Å². The van der Waals surface area contributed by atoms with Gasteiger partial charge < -0.3 is 9.84 Å². The van der Waals surface area contributed by atoms with Crippen LogP contribution >= 0.6 is 11.3 Å². The normalized spacial score (nSPS) is 16.6. The molecule has 0 radical (unpaired) electrons. The molecule has 1 aromatic heterocycles. The highest BCUT2D eigenvalue weighted by Crippen LogP contribution is 2.32. The van der Waals surface area contributed by atoms with Crippen molar-refractivity contribution in [2.24, 2.45) is 0 Å². The van der Waals surface area contributed by atoms with Gasteiger partial charge in [-0.25, -0.2) is 4.98 Å². The van der Waals surface area contributed by atoms with Crippen LogP contribution < -0.4 is 4.74 Å². The fourth-order valence-corrected chi connectivity index (χ4v) is 2.67. The van der Waals surface area contributed by atoms with Crippen molar-refractivity contribution in [2.45, 2.75) is 32.0 Å². The van der Waals surface area contributed by atoms with Crippen LogP contribution in [0.1, 0.15) is 35.1 Å². The Labute approximate surface area is 110 Å². The molecule has 1 heterocycles. The number of thiazole rings is 1. The van der Waals surface area contributed by atoms with Crippen LogP contribution in [0.5, 0.6) is 5.75 Å². The molecule has 1 unspecified atom stereocenters. The molecular weight excluding hydrogens is 246 g/mol. The number of nitrogens with zero attached hydrogens (tertiary/aromatic N) is 1. The van der Waals surface area contributed by atoms with Crippen LogP contribution in [0.2, 0.25) is 0 Å². The van der Waals surface area contributed by atoms with Crippen LogP contribution in [-0.4, -0.2) is 16.2 Å². The minimum atomic E-state index is -0.611. The Morgan fingerprint density at radius 1 is 1.44 bits per heavy atom. The minimum absolute atomic E-state index is 0.377. The first kappa shape index (κ1) is 11.7. The zero-order valence-electron chi connectivity index (χ0n) is 10.2. The predicted molar refractivity (Wildman–Crippen MR) is 71.0 cm³/mol. The monoisotopic (exact) mass is 261 g/mol. The van der Waals surface area contributed by atoms with Gasteiger partial charge in [-0.3, -0.25) is 0 Å². The summed E-state index contributed by atoms with van der Waals surface area (Å²) in [5.41, 5.74) is 3.51. The lowest BCUT2D eigenvalue weighted by atomic mass is 10.1. The van der Waals surface area contributed by atoms with Gasteiger partial charge in [-0.1, -0.05) is 12.1 Å². The Hall–Kier alpha value is -1.39. The maximum atomic E-state index is 10.4. The van der Waals surface area contributed by atoms with E-state index < -0.39 is 6.10 Å². The molecule has 1 atom stereocenters. The van der Waals surface area contributed by atoms with E-state index in [1.165, 1.54) is 11.3 Å². The molecule has 1 saturated carbocycles. The summed E-state index contributed by atoms with van der Waals surface area (Å²) in [6.07, 6.45) is 2.05. The first-order valence-electron chi connectivity index (χ1n) is 6.08. The summed E-state index contributed by atoms with van der Waals surface area (Å²) in [6, 6.07) is 7.70.